The van der Waals surface area contributed by atoms with Crippen molar-refractivity contribution in [1.82, 2.24) is 15.3 Å². The molecule has 2 N–H and O–H groups in total. The molecule has 124 valence electrons. The van der Waals surface area contributed by atoms with E-state index >= 15 is 0 Å². The van der Waals surface area contributed by atoms with Crippen LogP contribution >= 0.6 is 23.2 Å². The number of hydrogen-bond donors (Lipinski definition) is 2. The fraction of sp³-hybridized carbons (Fsp3) is 0.0625. The molecule has 1 heterocycles. The quantitative estimate of drug-likeness (QED) is 0.444. The first-order valence-electron chi connectivity index (χ1n) is 6.71. The summed E-state index contributed by atoms with van der Waals surface area (Å²) in [5.74, 6) is 1.11. The molecule has 0 saturated carbocycles. The summed E-state index contributed by atoms with van der Waals surface area (Å²) in [4.78, 5) is 8.09. The Hall–Kier alpha value is -2.57. The largest absolute Gasteiger partial charge is 0.493 e. The van der Waals surface area contributed by atoms with E-state index in [1.807, 2.05) is 0 Å². The molecule has 24 heavy (non-hydrogen) atoms. The van der Waals surface area contributed by atoms with Gasteiger partial charge in [-0.15, -0.1) is 0 Å². The Kier molecular flexibility index (Phi) is 6.17. The van der Waals surface area contributed by atoms with Crippen LogP contribution in [0.3, 0.4) is 0 Å². The maximum absolute atomic E-state index is 7.66. The normalized spacial score (nSPS) is 11.3. The molecule has 0 unspecified atom stereocenters. The maximum Gasteiger partial charge on any atom is 0.199 e. The van der Waals surface area contributed by atoms with E-state index in [9.17, 15) is 0 Å². The van der Waals surface area contributed by atoms with Crippen LogP contribution in [-0.4, -0.2) is 22.2 Å². The van der Waals surface area contributed by atoms with Crippen LogP contribution in [0.2, 0.25) is 0 Å². The lowest BCUT2D eigenvalue weighted by atomic mass is 10.3. The van der Waals surface area contributed by atoms with Crippen LogP contribution in [0, 0.1) is 5.41 Å². The molecule has 6 nitrogen and oxygen atoms in total. The summed E-state index contributed by atoms with van der Waals surface area (Å²) in [6.07, 6.45) is 3.14. The van der Waals surface area contributed by atoms with E-state index in [0.29, 0.717) is 23.0 Å². The van der Waals surface area contributed by atoms with Crippen LogP contribution in [0.5, 0.6) is 11.5 Å². The molecule has 0 bridgehead atoms. The number of nitrogens with one attached hydrogen (secondary N) is 2. The van der Waals surface area contributed by atoms with Gasteiger partial charge in [-0.05, 0) is 18.2 Å². The molecule has 0 fully saturated rings. The van der Waals surface area contributed by atoms with Crippen molar-refractivity contribution in [2.75, 3.05) is 7.11 Å². The van der Waals surface area contributed by atoms with E-state index < -0.39 is 0 Å². The van der Waals surface area contributed by atoms with Gasteiger partial charge in [0.15, 0.2) is 33.4 Å². The Labute approximate surface area is 149 Å². The van der Waals surface area contributed by atoms with Gasteiger partial charge < -0.3 is 14.8 Å². The summed E-state index contributed by atoms with van der Waals surface area (Å²) >= 11 is 12.0. The predicted octanol–water partition coefficient (Wildman–Crippen LogP) is 3.75. The van der Waals surface area contributed by atoms with Gasteiger partial charge in [-0.3, -0.25) is 5.41 Å². The molecular formula is C16H14Cl2N4O2. The van der Waals surface area contributed by atoms with Gasteiger partial charge >= 0.3 is 0 Å². The summed E-state index contributed by atoms with van der Waals surface area (Å²) < 4.78 is 10.8. The smallest absolute Gasteiger partial charge is 0.199 e. The number of methoxy groups -OCH3 is 1. The lowest BCUT2D eigenvalue weighted by Crippen LogP contribution is -2.16. The van der Waals surface area contributed by atoms with Crippen molar-refractivity contribution in [3.8, 4) is 11.5 Å². The second-order valence-corrected chi connectivity index (χ2v) is 5.14. The van der Waals surface area contributed by atoms with E-state index in [0.717, 1.165) is 0 Å². The minimum absolute atomic E-state index is 0.0293. The molecule has 0 aliphatic heterocycles. The average Bonchev–Trinajstić information content (AvgIpc) is 2.60. The summed E-state index contributed by atoms with van der Waals surface area (Å²) in [6, 6.07) is 8.60. The van der Waals surface area contributed by atoms with Gasteiger partial charge in [-0.1, -0.05) is 41.9 Å². The monoisotopic (exact) mass is 364 g/mol. The number of aromatic nitrogens is 2. The standard InChI is InChI=1S/C16H14Cl2N4O2/c1-10(16-20-8-5-9-21-16)22-15(18)13(14(17)19)24-12-7-4-3-6-11(12)23-2/h3-9,19,22H,1H2,2H3. The van der Waals surface area contributed by atoms with Gasteiger partial charge in [0.2, 0.25) is 0 Å². The molecule has 0 saturated heterocycles. The number of allylic oxidation sites excluding steroid dienone is 1. The third-order valence-electron chi connectivity index (χ3n) is 2.78. The Balaban J connectivity index is 2.26. The van der Waals surface area contributed by atoms with Gasteiger partial charge in [-0.2, -0.15) is 0 Å². The van der Waals surface area contributed by atoms with Crippen LogP contribution in [0.25, 0.3) is 5.70 Å². The number of nitrogens with zero attached hydrogens (tertiary/aromatic N) is 2. The number of benzene rings is 1. The Morgan fingerprint density at radius 2 is 1.75 bits per heavy atom. The third-order valence-corrected chi connectivity index (χ3v) is 3.21. The summed E-state index contributed by atoms with van der Waals surface area (Å²) in [5, 5.41) is 10.0. The van der Waals surface area contributed by atoms with Gasteiger partial charge in [0, 0.05) is 12.4 Å². The molecule has 0 amide bonds. The first kappa shape index (κ1) is 17.8. The third kappa shape index (κ3) is 4.47. The SMILES string of the molecule is C=C(NC(Cl)=C(Oc1ccccc1OC)C(=N)Cl)c1ncccn1. The van der Waals surface area contributed by atoms with Crippen molar-refractivity contribution in [3.63, 3.8) is 0 Å². The van der Waals surface area contributed by atoms with Crippen molar-refractivity contribution in [3.05, 3.63) is 66.0 Å². The number of hydrogen-bond acceptors (Lipinski definition) is 6. The fourth-order valence-corrected chi connectivity index (χ4v) is 2.13. The van der Waals surface area contributed by atoms with Crippen LogP contribution in [0.15, 0.2) is 60.2 Å². The zero-order chi connectivity index (χ0) is 17.5. The second-order valence-electron chi connectivity index (χ2n) is 4.39. The molecule has 0 spiro atoms. The van der Waals surface area contributed by atoms with Gasteiger partial charge in [0.25, 0.3) is 0 Å². The van der Waals surface area contributed by atoms with Gasteiger partial charge in [-0.25, -0.2) is 9.97 Å². The Bertz CT molecular complexity index is 779. The zero-order valence-electron chi connectivity index (χ0n) is 12.7. The van der Waals surface area contributed by atoms with E-state index in [-0.39, 0.29) is 16.1 Å². The lowest BCUT2D eigenvalue weighted by Gasteiger charge is -2.14. The van der Waals surface area contributed by atoms with Crippen molar-refractivity contribution in [2.24, 2.45) is 0 Å². The van der Waals surface area contributed by atoms with E-state index in [1.54, 1.807) is 42.7 Å². The molecule has 0 radical (unpaired) electrons. The molecule has 0 aliphatic carbocycles. The van der Waals surface area contributed by atoms with Gasteiger partial charge in [0.05, 0.1) is 12.8 Å². The number of rotatable bonds is 7. The van der Waals surface area contributed by atoms with Gasteiger partial charge in [0.1, 0.15) is 0 Å². The molecule has 8 heteroatoms. The van der Waals surface area contributed by atoms with Crippen molar-refractivity contribution in [2.45, 2.75) is 0 Å². The van der Waals surface area contributed by atoms with Crippen molar-refractivity contribution < 1.29 is 9.47 Å². The molecule has 1 aromatic heterocycles. The van der Waals surface area contributed by atoms with E-state index in [2.05, 4.69) is 21.9 Å². The highest BCUT2D eigenvalue weighted by Gasteiger charge is 2.16. The van der Waals surface area contributed by atoms with Crippen molar-refractivity contribution >= 4 is 34.1 Å². The van der Waals surface area contributed by atoms with Crippen LogP contribution in [-0.2, 0) is 0 Å². The second kappa shape index (κ2) is 8.33. The highest BCUT2D eigenvalue weighted by molar-refractivity contribution is 6.69. The molecular weight excluding hydrogens is 351 g/mol. The summed E-state index contributed by atoms with van der Waals surface area (Å²) in [5.41, 5.74) is 0.333. The van der Waals surface area contributed by atoms with Crippen LogP contribution in [0.4, 0.5) is 0 Å². The predicted molar refractivity (Wildman–Crippen MR) is 94.3 cm³/mol. The zero-order valence-corrected chi connectivity index (χ0v) is 14.2. The Morgan fingerprint density at radius 3 is 2.33 bits per heavy atom. The van der Waals surface area contributed by atoms with E-state index in [4.69, 9.17) is 38.1 Å². The maximum atomic E-state index is 7.66. The lowest BCUT2D eigenvalue weighted by molar-refractivity contribution is 0.370. The topological polar surface area (TPSA) is 80.1 Å². The minimum atomic E-state index is -0.389. The minimum Gasteiger partial charge on any atom is -0.493 e. The number of ether oxygens (including phenoxy) is 2. The molecule has 2 rings (SSSR count). The molecule has 0 atom stereocenters. The van der Waals surface area contributed by atoms with E-state index in [1.165, 1.54) is 7.11 Å². The number of para-hydroxylation sites is 2. The first-order valence-corrected chi connectivity index (χ1v) is 7.47. The van der Waals surface area contributed by atoms with Crippen LogP contribution < -0.4 is 14.8 Å². The fourth-order valence-electron chi connectivity index (χ4n) is 1.70. The highest BCUT2D eigenvalue weighted by Crippen LogP contribution is 2.29. The summed E-state index contributed by atoms with van der Waals surface area (Å²) in [6.45, 7) is 3.80. The van der Waals surface area contributed by atoms with Crippen molar-refractivity contribution in [1.29, 1.82) is 5.41 Å². The first-order chi connectivity index (χ1) is 11.5. The van der Waals surface area contributed by atoms with Crippen LogP contribution in [0.1, 0.15) is 5.82 Å². The summed E-state index contributed by atoms with van der Waals surface area (Å²) in [7, 11) is 1.51. The molecule has 1 aromatic carbocycles. The number of halogens is 2. The molecule has 0 aliphatic rings. The molecule has 2 aromatic rings. The Morgan fingerprint density at radius 1 is 1.12 bits per heavy atom. The highest BCUT2D eigenvalue weighted by atomic mass is 35.5. The average molecular weight is 365 g/mol.